The van der Waals surface area contributed by atoms with Gasteiger partial charge in [-0.1, -0.05) is 18.5 Å². The van der Waals surface area contributed by atoms with Gasteiger partial charge in [0.25, 0.3) is 0 Å². The van der Waals surface area contributed by atoms with Crippen LogP contribution in [0.5, 0.6) is 11.5 Å². The summed E-state index contributed by atoms with van der Waals surface area (Å²) in [4.78, 5) is 0. The Hall–Kier alpha value is -0.930. The summed E-state index contributed by atoms with van der Waals surface area (Å²) >= 11 is 6.16. The monoisotopic (exact) mass is 271 g/mol. The van der Waals surface area contributed by atoms with Crippen molar-refractivity contribution in [1.29, 1.82) is 0 Å². The molecule has 4 heteroatoms. The highest BCUT2D eigenvalue weighted by molar-refractivity contribution is 6.32. The van der Waals surface area contributed by atoms with Crippen molar-refractivity contribution in [2.75, 3.05) is 14.2 Å². The SMILES string of the molecule is CCC(C)(C)NCc1cc(Cl)c(OC)c(OC)c1. The molecule has 1 N–H and O–H groups in total. The van der Waals surface area contributed by atoms with E-state index >= 15 is 0 Å². The summed E-state index contributed by atoms with van der Waals surface area (Å²) in [6, 6.07) is 3.85. The maximum absolute atomic E-state index is 6.16. The number of benzene rings is 1. The second-order valence-electron chi connectivity index (χ2n) is 4.90. The molecule has 0 amide bonds. The number of nitrogens with one attached hydrogen (secondary N) is 1. The molecule has 1 aromatic carbocycles. The fraction of sp³-hybridized carbons (Fsp3) is 0.571. The number of hydrogen-bond acceptors (Lipinski definition) is 3. The molecule has 0 saturated heterocycles. The molecular weight excluding hydrogens is 250 g/mol. The first kappa shape index (κ1) is 15.1. The lowest BCUT2D eigenvalue weighted by Gasteiger charge is -2.25. The van der Waals surface area contributed by atoms with E-state index < -0.39 is 0 Å². The molecular formula is C14H22ClNO2. The molecule has 0 aromatic heterocycles. The Bertz CT molecular complexity index is 405. The van der Waals surface area contributed by atoms with E-state index in [0.717, 1.165) is 18.5 Å². The molecule has 0 spiro atoms. The first-order valence-electron chi connectivity index (χ1n) is 6.09. The van der Waals surface area contributed by atoms with E-state index in [1.807, 2.05) is 12.1 Å². The van der Waals surface area contributed by atoms with Gasteiger partial charge in [-0.15, -0.1) is 0 Å². The van der Waals surface area contributed by atoms with Crippen LogP contribution in [0.25, 0.3) is 0 Å². The summed E-state index contributed by atoms with van der Waals surface area (Å²) in [5.41, 5.74) is 1.19. The number of hydrogen-bond donors (Lipinski definition) is 1. The van der Waals surface area contributed by atoms with Crippen molar-refractivity contribution in [3.8, 4) is 11.5 Å². The Balaban J connectivity index is 2.88. The van der Waals surface area contributed by atoms with Gasteiger partial charge in [0.1, 0.15) is 0 Å². The lowest BCUT2D eigenvalue weighted by Crippen LogP contribution is -2.37. The summed E-state index contributed by atoms with van der Waals surface area (Å²) in [6.45, 7) is 7.26. The second kappa shape index (κ2) is 6.30. The zero-order chi connectivity index (χ0) is 13.8. The fourth-order valence-corrected chi connectivity index (χ4v) is 1.85. The van der Waals surface area contributed by atoms with Gasteiger partial charge in [-0.2, -0.15) is 0 Å². The molecule has 0 radical (unpaired) electrons. The lowest BCUT2D eigenvalue weighted by molar-refractivity contribution is 0.352. The van der Waals surface area contributed by atoms with Crippen LogP contribution >= 0.6 is 11.6 Å². The number of methoxy groups -OCH3 is 2. The average Bonchev–Trinajstić information content (AvgIpc) is 2.35. The number of halogens is 1. The van der Waals surface area contributed by atoms with Crippen LogP contribution < -0.4 is 14.8 Å². The maximum Gasteiger partial charge on any atom is 0.179 e. The standard InChI is InChI=1S/C14H22ClNO2/c1-6-14(2,3)16-9-10-7-11(15)13(18-5)12(8-10)17-4/h7-8,16H,6,9H2,1-5H3. The number of rotatable bonds is 6. The van der Waals surface area contributed by atoms with Gasteiger partial charge in [-0.05, 0) is 38.0 Å². The Morgan fingerprint density at radius 3 is 2.39 bits per heavy atom. The summed E-state index contributed by atoms with van der Waals surface area (Å²) < 4.78 is 10.5. The van der Waals surface area contributed by atoms with Crippen molar-refractivity contribution >= 4 is 11.6 Å². The molecule has 0 unspecified atom stereocenters. The molecule has 0 bridgehead atoms. The van der Waals surface area contributed by atoms with Crippen molar-refractivity contribution in [2.45, 2.75) is 39.3 Å². The lowest BCUT2D eigenvalue weighted by atomic mass is 10.0. The Labute approximate surface area is 114 Å². The van der Waals surface area contributed by atoms with Crippen LogP contribution in [-0.2, 0) is 6.54 Å². The van der Waals surface area contributed by atoms with Crippen molar-refractivity contribution in [3.63, 3.8) is 0 Å². The fourth-order valence-electron chi connectivity index (χ4n) is 1.54. The van der Waals surface area contributed by atoms with E-state index in [1.165, 1.54) is 0 Å². The van der Waals surface area contributed by atoms with Crippen LogP contribution in [0.2, 0.25) is 5.02 Å². The van der Waals surface area contributed by atoms with E-state index in [9.17, 15) is 0 Å². The van der Waals surface area contributed by atoms with Crippen molar-refractivity contribution in [3.05, 3.63) is 22.7 Å². The van der Waals surface area contributed by atoms with Crippen LogP contribution in [0.4, 0.5) is 0 Å². The Morgan fingerprint density at radius 1 is 1.22 bits per heavy atom. The molecule has 1 aromatic rings. The minimum Gasteiger partial charge on any atom is -0.493 e. The van der Waals surface area contributed by atoms with E-state index in [4.69, 9.17) is 21.1 Å². The van der Waals surface area contributed by atoms with Crippen LogP contribution in [0, 0.1) is 0 Å². The largest absolute Gasteiger partial charge is 0.493 e. The van der Waals surface area contributed by atoms with Crippen LogP contribution in [0.1, 0.15) is 32.8 Å². The molecule has 0 aliphatic rings. The van der Waals surface area contributed by atoms with Gasteiger partial charge >= 0.3 is 0 Å². The van der Waals surface area contributed by atoms with Gasteiger partial charge in [0.15, 0.2) is 11.5 Å². The van der Waals surface area contributed by atoms with Gasteiger partial charge in [-0.25, -0.2) is 0 Å². The van der Waals surface area contributed by atoms with Gasteiger partial charge in [0.05, 0.1) is 19.2 Å². The second-order valence-corrected chi connectivity index (χ2v) is 5.31. The molecule has 0 fully saturated rings. The third-order valence-corrected chi connectivity index (χ3v) is 3.43. The van der Waals surface area contributed by atoms with Crippen LogP contribution in [0.3, 0.4) is 0 Å². The van der Waals surface area contributed by atoms with Gasteiger partial charge < -0.3 is 14.8 Å². The maximum atomic E-state index is 6.16. The molecule has 1 rings (SSSR count). The molecule has 0 atom stereocenters. The topological polar surface area (TPSA) is 30.5 Å². The summed E-state index contributed by atoms with van der Waals surface area (Å²) in [5.74, 6) is 1.24. The van der Waals surface area contributed by atoms with Crippen molar-refractivity contribution < 1.29 is 9.47 Å². The minimum atomic E-state index is 0.111. The highest BCUT2D eigenvalue weighted by Crippen LogP contribution is 2.36. The van der Waals surface area contributed by atoms with Crippen molar-refractivity contribution in [2.24, 2.45) is 0 Å². The first-order valence-corrected chi connectivity index (χ1v) is 6.46. The molecule has 0 aliphatic heterocycles. The van der Waals surface area contributed by atoms with E-state index in [-0.39, 0.29) is 5.54 Å². The summed E-state index contributed by atoms with van der Waals surface area (Å²) in [5, 5.41) is 4.06. The molecule has 102 valence electrons. The molecule has 0 heterocycles. The smallest absolute Gasteiger partial charge is 0.179 e. The Morgan fingerprint density at radius 2 is 1.89 bits per heavy atom. The van der Waals surface area contributed by atoms with Gasteiger partial charge in [0, 0.05) is 12.1 Å². The predicted octanol–water partition coefficient (Wildman–Crippen LogP) is 3.64. The molecule has 3 nitrogen and oxygen atoms in total. The van der Waals surface area contributed by atoms with E-state index in [0.29, 0.717) is 16.5 Å². The zero-order valence-electron chi connectivity index (χ0n) is 11.8. The van der Waals surface area contributed by atoms with Gasteiger partial charge in [0.2, 0.25) is 0 Å². The predicted molar refractivity (Wildman–Crippen MR) is 75.8 cm³/mol. The summed E-state index contributed by atoms with van der Waals surface area (Å²) in [6.07, 6.45) is 1.06. The van der Waals surface area contributed by atoms with E-state index in [2.05, 4.69) is 26.1 Å². The Kier molecular flexibility index (Phi) is 5.29. The van der Waals surface area contributed by atoms with Gasteiger partial charge in [-0.3, -0.25) is 0 Å². The zero-order valence-corrected chi connectivity index (χ0v) is 12.5. The van der Waals surface area contributed by atoms with Crippen LogP contribution in [0.15, 0.2) is 12.1 Å². The minimum absolute atomic E-state index is 0.111. The molecule has 0 aliphatic carbocycles. The normalized spacial score (nSPS) is 11.4. The number of ether oxygens (including phenoxy) is 2. The quantitative estimate of drug-likeness (QED) is 0.857. The third kappa shape index (κ3) is 3.79. The first-order chi connectivity index (χ1) is 8.43. The van der Waals surface area contributed by atoms with Crippen molar-refractivity contribution in [1.82, 2.24) is 5.32 Å². The highest BCUT2D eigenvalue weighted by atomic mass is 35.5. The summed E-state index contributed by atoms with van der Waals surface area (Å²) in [7, 11) is 3.20. The van der Waals surface area contributed by atoms with Crippen LogP contribution in [-0.4, -0.2) is 19.8 Å². The third-order valence-electron chi connectivity index (χ3n) is 3.15. The average molecular weight is 272 g/mol. The highest BCUT2D eigenvalue weighted by Gasteiger charge is 2.15. The molecule has 18 heavy (non-hydrogen) atoms. The molecule has 0 saturated carbocycles. The van der Waals surface area contributed by atoms with E-state index in [1.54, 1.807) is 14.2 Å².